The van der Waals surface area contributed by atoms with Crippen LogP contribution in [0, 0.1) is 30.6 Å². The first-order valence-corrected chi connectivity index (χ1v) is 21.2. The Morgan fingerprint density at radius 1 is 0.950 bits per heavy atom. The highest BCUT2D eigenvalue weighted by Gasteiger charge is 2.49. The highest BCUT2D eigenvalue weighted by atomic mass is 32.1. The van der Waals surface area contributed by atoms with Crippen LogP contribution in [-0.2, 0) is 14.3 Å². The number of carbonyl (C=O) groups excluding carboxylic acids is 2. The molecule has 3 aliphatic rings. The third-order valence-electron chi connectivity index (χ3n) is 12.5. The molecule has 15 heteroatoms. The zero-order valence-electron chi connectivity index (χ0n) is 35.1. The molecule has 1 fully saturated rings. The Hall–Kier alpha value is -4.90. The second-order valence-electron chi connectivity index (χ2n) is 16.5. The minimum Gasteiger partial charge on any atom is -0.505 e. The van der Waals surface area contributed by atoms with Gasteiger partial charge in [-0.1, -0.05) is 45.9 Å². The van der Waals surface area contributed by atoms with Gasteiger partial charge in [0, 0.05) is 86.1 Å². The minimum absolute atomic E-state index is 0.00338. The Bertz CT molecular complexity index is 2510. The Balaban J connectivity index is 1.44. The predicted molar refractivity (Wildman–Crippen MR) is 233 cm³/mol. The van der Waals surface area contributed by atoms with Crippen molar-refractivity contribution in [3.63, 3.8) is 0 Å². The maximum atomic E-state index is 14.7. The van der Waals surface area contributed by atoms with E-state index >= 15 is 0 Å². The van der Waals surface area contributed by atoms with Crippen LogP contribution in [0.25, 0.3) is 31.2 Å². The maximum Gasteiger partial charge on any atom is 0.312 e. The fourth-order valence-corrected chi connectivity index (χ4v) is 9.64. The van der Waals surface area contributed by atoms with Crippen molar-refractivity contribution in [3.8, 4) is 11.5 Å². The van der Waals surface area contributed by atoms with Gasteiger partial charge in [0.15, 0.2) is 11.2 Å². The molecule has 0 aliphatic carbocycles. The summed E-state index contributed by atoms with van der Waals surface area (Å²) >= 11 is 1.26. The Morgan fingerprint density at radius 3 is 2.33 bits per heavy atom. The molecule has 4 bridgehead atoms. The number of nitrogens with zero attached hydrogens (tertiary/aromatic N) is 2. The number of nitrogens with one attached hydrogen (secondary N) is 2. The number of piperazine rings is 1. The third kappa shape index (κ3) is 7.56. The quantitative estimate of drug-likeness (QED) is 0.0864. The first-order valence-electron chi connectivity index (χ1n) is 20.4. The molecule has 1 saturated heterocycles. The van der Waals surface area contributed by atoms with E-state index in [-0.39, 0.29) is 44.4 Å². The molecule has 6 N–H and O–H groups in total. The van der Waals surface area contributed by atoms with Crippen LogP contribution in [0.5, 0.6) is 11.5 Å². The van der Waals surface area contributed by atoms with Crippen LogP contribution in [0.1, 0.15) is 57.5 Å². The average molecular weight is 843 g/mol. The van der Waals surface area contributed by atoms with Gasteiger partial charge >= 0.3 is 5.79 Å². The Kier molecular flexibility index (Phi) is 12.1. The van der Waals surface area contributed by atoms with E-state index in [1.165, 1.54) is 44.6 Å². The third-order valence-corrected chi connectivity index (χ3v) is 13.7. The maximum absolute atomic E-state index is 14.7. The summed E-state index contributed by atoms with van der Waals surface area (Å²) < 4.78 is 19.0. The molecule has 0 saturated carbocycles. The number of carbonyl (C=O) groups is 2. The van der Waals surface area contributed by atoms with E-state index in [4.69, 9.17) is 19.2 Å². The largest absolute Gasteiger partial charge is 0.505 e. The van der Waals surface area contributed by atoms with Crippen molar-refractivity contribution in [3.05, 3.63) is 75.7 Å². The monoisotopic (exact) mass is 842 g/mol. The van der Waals surface area contributed by atoms with Gasteiger partial charge in [-0.3, -0.25) is 14.4 Å². The number of ether oxygens (including phenoxy) is 3. The van der Waals surface area contributed by atoms with Crippen molar-refractivity contribution in [1.29, 1.82) is 0 Å². The van der Waals surface area contributed by atoms with Gasteiger partial charge in [0.2, 0.25) is 0 Å². The number of aromatic hydroxyl groups is 1. The van der Waals surface area contributed by atoms with Gasteiger partial charge in [0.1, 0.15) is 11.4 Å². The van der Waals surface area contributed by atoms with Gasteiger partial charge in [0.05, 0.1) is 62.1 Å². The van der Waals surface area contributed by atoms with Gasteiger partial charge in [0.25, 0.3) is 11.7 Å². The van der Waals surface area contributed by atoms with Crippen molar-refractivity contribution in [2.75, 3.05) is 43.5 Å². The molecule has 7 rings (SSSR count). The van der Waals surface area contributed by atoms with E-state index in [0.29, 0.717) is 10.2 Å². The van der Waals surface area contributed by atoms with Crippen molar-refractivity contribution in [2.45, 2.75) is 78.7 Å². The summed E-state index contributed by atoms with van der Waals surface area (Å²) in [6, 6.07) is 5.86. The van der Waals surface area contributed by atoms with Crippen LogP contribution in [0.15, 0.2) is 59.1 Å². The van der Waals surface area contributed by atoms with E-state index in [2.05, 4.69) is 15.5 Å². The molecule has 14 nitrogen and oxygen atoms in total. The number of Topliss-reactive ketones (excluding diaryl/α,β-unsaturated/α-hetero) is 1. The summed E-state index contributed by atoms with van der Waals surface area (Å²) in [5.74, 6) is -6.06. The molecule has 1 aromatic heterocycles. The smallest absolute Gasteiger partial charge is 0.312 e. The summed E-state index contributed by atoms with van der Waals surface area (Å²) in [7, 11) is 1.46. The Labute approximate surface area is 352 Å². The zero-order chi connectivity index (χ0) is 43.4. The lowest BCUT2D eigenvalue weighted by molar-refractivity contribution is -0.112. The zero-order valence-corrected chi connectivity index (χ0v) is 35.9. The van der Waals surface area contributed by atoms with E-state index < -0.39 is 76.7 Å². The molecule has 0 radical (unpaired) electrons. The molecule has 4 heterocycles. The number of hydrogen-bond acceptors (Lipinski definition) is 14. The standard InChI is InChI=1S/C45H54N4O10S/c1-21-10-9-11-22(2)44(56)48-35-40(54)32-31(34-42(35)60-30-20-27(12-13-28(30)47-34)49-17-15-46-16-18-49)33-41(26(6)39(32)53)59-45(7,43(33)55)58-19-14-29(57-8)23(3)37(51)25(5)38(52)24(4)36(21)50/h9-14,19-21,23-25,29,36-38,46,50-52,54H,15-18H2,1-8H3,(H,48,56)/b10-9+,19-14+,22-11-/t21-,23+,24+,25-,29-,36-,37+,38+,45-/m0/s1. The number of phenolic OH excluding ortho intramolecular Hbond substituents is 1. The number of methoxy groups -OCH3 is 1. The summed E-state index contributed by atoms with van der Waals surface area (Å²) in [5.41, 5.74) is 1.42. The number of phenols is 1. The number of ketones is 1. The summed E-state index contributed by atoms with van der Waals surface area (Å²) in [6.07, 6.45) is 3.78. The van der Waals surface area contributed by atoms with E-state index in [9.17, 15) is 34.8 Å². The minimum atomic E-state index is -1.97. The lowest BCUT2D eigenvalue weighted by atomic mass is 9.78. The van der Waals surface area contributed by atoms with Gasteiger partial charge in [-0.25, -0.2) is 4.98 Å². The summed E-state index contributed by atoms with van der Waals surface area (Å²) in [4.78, 5) is 50.2. The highest BCUT2D eigenvalue weighted by molar-refractivity contribution is 7.25. The number of amides is 1. The molecule has 0 spiro atoms. The average Bonchev–Trinajstić information content (AvgIpc) is 3.51. The lowest BCUT2D eigenvalue weighted by Gasteiger charge is -2.36. The van der Waals surface area contributed by atoms with E-state index in [0.717, 1.165) is 36.6 Å². The number of aliphatic hydroxyl groups is 3. The topological polar surface area (TPSA) is 200 Å². The number of hydrogen-bond donors (Lipinski definition) is 6. The number of aromatic nitrogens is 1. The number of rotatable bonds is 2. The van der Waals surface area contributed by atoms with Gasteiger partial charge in [-0.15, -0.1) is 11.3 Å². The van der Waals surface area contributed by atoms with Crippen LogP contribution in [-0.4, -0.2) is 101 Å². The van der Waals surface area contributed by atoms with E-state index in [1.807, 2.05) is 18.2 Å². The van der Waals surface area contributed by atoms with E-state index in [1.54, 1.807) is 52.8 Å². The van der Waals surface area contributed by atoms with Gasteiger partial charge < -0.3 is 50.2 Å². The SMILES string of the molecule is CO[C@H]1/C=C/O[C@@]2(C)Oc3c(C)c(=O)c4c(O)c(c5sc6cc(N7CCNCC7)ccc6nc5c4c3C2=O)NC(=O)/C(C)=C\C=C\[C@H](C)[C@H](O)[C@@H](C)[C@@H](O)[C@@H](C)[C@H](O)[C@@H]1C. The van der Waals surface area contributed by atoms with Crippen molar-refractivity contribution >= 4 is 65.6 Å². The number of allylic oxidation sites excluding steroid dienone is 2. The Morgan fingerprint density at radius 2 is 1.63 bits per heavy atom. The molecule has 9 atom stereocenters. The normalized spacial score (nSPS) is 31.5. The van der Waals surface area contributed by atoms with Crippen LogP contribution in [0.2, 0.25) is 0 Å². The molecule has 1 amide bonds. The summed E-state index contributed by atoms with van der Waals surface area (Å²) in [5, 5.41) is 52.2. The van der Waals surface area contributed by atoms with Crippen LogP contribution >= 0.6 is 11.3 Å². The van der Waals surface area contributed by atoms with Gasteiger partial charge in [-0.2, -0.15) is 0 Å². The molecule has 320 valence electrons. The van der Waals surface area contributed by atoms with Gasteiger partial charge in [-0.05, 0) is 38.1 Å². The van der Waals surface area contributed by atoms with Crippen LogP contribution in [0.4, 0.5) is 11.4 Å². The first-order chi connectivity index (χ1) is 28.5. The molecule has 60 heavy (non-hydrogen) atoms. The molecule has 3 aromatic carbocycles. The van der Waals surface area contributed by atoms with Crippen LogP contribution in [0.3, 0.4) is 0 Å². The van der Waals surface area contributed by atoms with Crippen molar-refractivity contribution < 1.29 is 44.2 Å². The molecule has 3 aliphatic heterocycles. The number of fused-ring (bicyclic) bond motifs is 2. The second kappa shape index (κ2) is 16.9. The fourth-order valence-electron chi connectivity index (χ4n) is 8.52. The molecular weight excluding hydrogens is 789 g/mol. The van der Waals surface area contributed by atoms with Crippen LogP contribution < -0.4 is 25.7 Å². The summed E-state index contributed by atoms with van der Waals surface area (Å²) in [6.45, 7) is 14.8. The number of aliphatic hydroxyl groups excluding tert-OH is 3. The fraction of sp³-hybridized carbons (Fsp3) is 0.467. The lowest BCUT2D eigenvalue weighted by Crippen LogP contribution is -2.44. The molecule has 4 aromatic rings. The van der Waals surface area contributed by atoms with Crippen molar-refractivity contribution in [1.82, 2.24) is 10.3 Å². The molecule has 0 unspecified atom stereocenters. The van der Waals surface area contributed by atoms with Crippen molar-refractivity contribution in [2.24, 2.45) is 23.7 Å². The first kappa shape index (κ1) is 43.2. The number of benzene rings is 3. The molecular formula is C45H54N4O10S. The predicted octanol–water partition coefficient (Wildman–Crippen LogP) is 5.30. The second-order valence-corrected chi connectivity index (χ2v) is 17.6. The number of anilines is 2. The highest BCUT2D eigenvalue weighted by Crippen LogP contribution is 2.49.